The zero-order valence-corrected chi connectivity index (χ0v) is 25.4. The molecule has 0 aliphatic rings. The minimum Gasteiger partial charge on any atom is -0.483 e. The largest absolute Gasteiger partial charge is 0.483 e. The summed E-state index contributed by atoms with van der Waals surface area (Å²) < 4.78 is 13.0. The summed E-state index contributed by atoms with van der Waals surface area (Å²) in [5.41, 5.74) is 3.31. The lowest BCUT2D eigenvalue weighted by molar-refractivity contribution is -0.113. The highest BCUT2D eigenvalue weighted by Gasteiger charge is 2.25. The normalized spacial score (nSPS) is 12.2. The fraction of sp³-hybridized carbons (Fsp3) is 0.333. The number of ether oxygens (including phenoxy) is 2. The van der Waals surface area contributed by atoms with E-state index in [2.05, 4.69) is 48.4 Å². The summed E-state index contributed by atoms with van der Waals surface area (Å²) in [5.74, 6) is 0.736. The molecule has 0 bridgehead atoms. The summed E-state index contributed by atoms with van der Waals surface area (Å²) in [6.45, 7) is 10.4. The smallest absolute Gasteiger partial charge is 0.341 e. The maximum atomic E-state index is 12.9. The van der Waals surface area contributed by atoms with Gasteiger partial charge in [0.15, 0.2) is 17.1 Å². The fourth-order valence-corrected chi connectivity index (χ4v) is 6.07. The Morgan fingerprint density at radius 3 is 2.38 bits per heavy atom. The van der Waals surface area contributed by atoms with Crippen molar-refractivity contribution < 1.29 is 19.1 Å². The lowest BCUT2D eigenvalue weighted by Gasteiger charge is -2.20. The van der Waals surface area contributed by atoms with Crippen LogP contribution in [-0.4, -0.2) is 39.5 Å². The molecule has 4 rings (SSSR count). The van der Waals surface area contributed by atoms with Crippen molar-refractivity contribution in [1.82, 2.24) is 14.8 Å². The molecule has 1 atom stereocenters. The standard InChI is InChI=1S/C30H34N4O4S2/c1-18(38-22-15-13-21(14-16-22)30(3,4)5)26-32-33-29(34(26)6)39-17-23(35)31-27-25(28(36)37-7)24(19(2)40-27)20-11-9-8-10-12-20/h8-16,18H,17H2,1-7H3,(H,31,35). The molecule has 210 valence electrons. The van der Waals surface area contributed by atoms with Gasteiger partial charge in [-0.3, -0.25) is 4.79 Å². The van der Waals surface area contributed by atoms with E-state index in [9.17, 15) is 9.59 Å². The molecule has 0 spiro atoms. The summed E-state index contributed by atoms with van der Waals surface area (Å²) in [6, 6.07) is 17.7. The van der Waals surface area contributed by atoms with Gasteiger partial charge < -0.3 is 19.4 Å². The number of amides is 1. The monoisotopic (exact) mass is 578 g/mol. The van der Waals surface area contributed by atoms with Gasteiger partial charge in [-0.2, -0.15) is 0 Å². The van der Waals surface area contributed by atoms with E-state index < -0.39 is 5.97 Å². The number of methoxy groups -OCH3 is 1. The lowest BCUT2D eigenvalue weighted by atomic mass is 9.87. The van der Waals surface area contributed by atoms with E-state index in [1.54, 1.807) is 0 Å². The molecule has 40 heavy (non-hydrogen) atoms. The molecular weight excluding hydrogens is 544 g/mol. The molecule has 0 aliphatic carbocycles. The van der Waals surface area contributed by atoms with Crippen molar-refractivity contribution in [2.75, 3.05) is 18.2 Å². The highest BCUT2D eigenvalue weighted by atomic mass is 32.2. The van der Waals surface area contributed by atoms with E-state index in [1.807, 2.05) is 67.9 Å². The molecule has 0 radical (unpaired) electrons. The number of benzene rings is 2. The molecule has 4 aromatic rings. The Bertz CT molecular complexity index is 1490. The maximum Gasteiger partial charge on any atom is 0.341 e. The number of nitrogens with zero attached hydrogens (tertiary/aromatic N) is 3. The lowest BCUT2D eigenvalue weighted by Crippen LogP contribution is -2.16. The molecule has 2 heterocycles. The molecule has 0 aliphatic heterocycles. The number of aryl methyl sites for hydroxylation is 1. The molecule has 1 unspecified atom stereocenters. The molecule has 0 fully saturated rings. The Balaban J connectivity index is 1.42. The summed E-state index contributed by atoms with van der Waals surface area (Å²) in [5, 5.41) is 12.5. The van der Waals surface area contributed by atoms with Gasteiger partial charge in [0.2, 0.25) is 5.91 Å². The van der Waals surface area contributed by atoms with Crippen LogP contribution >= 0.6 is 23.1 Å². The highest BCUT2D eigenvalue weighted by molar-refractivity contribution is 7.99. The van der Waals surface area contributed by atoms with Crippen LogP contribution in [0.1, 0.15) is 60.4 Å². The van der Waals surface area contributed by atoms with Crippen LogP contribution < -0.4 is 10.1 Å². The summed E-state index contributed by atoms with van der Waals surface area (Å²) in [6.07, 6.45) is -0.339. The number of thiophene rings is 1. The SMILES string of the molecule is COC(=O)c1c(NC(=O)CSc2nnc(C(C)Oc3ccc(C(C)(C)C)cc3)n2C)sc(C)c1-c1ccccc1. The highest BCUT2D eigenvalue weighted by Crippen LogP contribution is 2.40. The number of rotatable bonds is 9. The van der Waals surface area contributed by atoms with Crippen LogP contribution in [0.15, 0.2) is 59.8 Å². The van der Waals surface area contributed by atoms with Crippen molar-refractivity contribution in [1.29, 1.82) is 0 Å². The van der Waals surface area contributed by atoms with Gasteiger partial charge in [-0.25, -0.2) is 4.79 Å². The number of hydrogen-bond acceptors (Lipinski definition) is 8. The van der Waals surface area contributed by atoms with Crippen LogP contribution in [0.4, 0.5) is 5.00 Å². The molecular formula is C30H34N4O4S2. The first-order valence-electron chi connectivity index (χ1n) is 12.9. The topological polar surface area (TPSA) is 95.3 Å². The molecule has 2 aromatic heterocycles. The second-order valence-corrected chi connectivity index (χ2v) is 12.5. The Morgan fingerprint density at radius 2 is 1.75 bits per heavy atom. The Morgan fingerprint density at radius 1 is 1.07 bits per heavy atom. The number of thioether (sulfide) groups is 1. The second kappa shape index (κ2) is 12.3. The first kappa shape index (κ1) is 29.4. The molecule has 10 heteroatoms. The van der Waals surface area contributed by atoms with Crippen LogP contribution in [-0.2, 0) is 22.0 Å². The van der Waals surface area contributed by atoms with E-state index in [0.29, 0.717) is 21.5 Å². The van der Waals surface area contributed by atoms with E-state index >= 15 is 0 Å². The van der Waals surface area contributed by atoms with Gasteiger partial charge in [0, 0.05) is 17.5 Å². The Hall–Kier alpha value is -3.63. The van der Waals surface area contributed by atoms with Crippen LogP contribution in [0, 0.1) is 6.92 Å². The molecule has 1 N–H and O–H groups in total. The Kier molecular flexibility index (Phi) is 9.00. The third kappa shape index (κ3) is 6.56. The number of esters is 1. The van der Waals surface area contributed by atoms with Crippen molar-refractivity contribution >= 4 is 40.0 Å². The average Bonchev–Trinajstić information content (AvgIpc) is 3.45. The van der Waals surface area contributed by atoms with Gasteiger partial charge >= 0.3 is 5.97 Å². The summed E-state index contributed by atoms with van der Waals surface area (Å²) in [4.78, 5) is 26.5. The second-order valence-electron chi connectivity index (χ2n) is 10.4. The zero-order chi connectivity index (χ0) is 29.0. The third-order valence-corrected chi connectivity index (χ3v) is 8.43. The van der Waals surface area contributed by atoms with Crippen molar-refractivity contribution in [2.45, 2.75) is 51.3 Å². The van der Waals surface area contributed by atoms with Gasteiger partial charge in [-0.15, -0.1) is 21.5 Å². The van der Waals surface area contributed by atoms with Crippen LogP contribution in [0.2, 0.25) is 0 Å². The number of nitrogens with one attached hydrogen (secondary N) is 1. The number of aromatic nitrogens is 3. The first-order valence-corrected chi connectivity index (χ1v) is 14.7. The van der Waals surface area contributed by atoms with Gasteiger partial charge in [-0.05, 0) is 42.5 Å². The van der Waals surface area contributed by atoms with Crippen LogP contribution in [0.5, 0.6) is 5.75 Å². The van der Waals surface area contributed by atoms with Crippen LogP contribution in [0.3, 0.4) is 0 Å². The first-order chi connectivity index (χ1) is 19.0. The summed E-state index contributed by atoms with van der Waals surface area (Å²) >= 11 is 2.61. The van der Waals surface area contributed by atoms with Crippen molar-refractivity contribution in [3.05, 3.63) is 76.4 Å². The molecule has 1 amide bonds. The van der Waals surface area contributed by atoms with Gasteiger partial charge in [0.1, 0.15) is 16.3 Å². The van der Waals surface area contributed by atoms with E-state index in [0.717, 1.165) is 21.8 Å². The minimum absolute atomic E-state index is 0.0690. The third-order valence-electron chi connectivity index (χ3n) is 6.39. The molecule has 8 nitrogen and oxygen atoms in total. The van der Waals surface area contributed by atoms with Gasteiger partial charge in [0.25, 0.3) is 0 Å². The average molecular weight is 579 g/mol. The van der Waals surface area contributed by atoms with Crippen molar-refractivity contribution in [3.63, 3.8) is 0 Å². The molecule has 0 saturated heterocycles. The predicted octanol–water partition coefficient (Wildman–Crippen LogP) is 6.81. The van der Waals surface area contributed by atoms with E-state index in [-0.39, 0.29) is 23.2 Å². The van der Waals surface area contributed by atoms with Crippen molar-refractivity contribution in [2.24, 2.45) is 7.05 Å². The van der Waals surface area contributed by atoms with E-state index in [1.165, 1.54) is 35.8 Å². The fourth-order valence-electron chi connectivity index (χ4n) is 4.27. The van der Waals surface area contributed by atoms with Crippen molar-refractivity contribution in [3.8, 4) is 16.9 Å². The van der Waals surface area contributed by atoms with Gasteiger partial charge in [0.05, 0.1) is 12.9 Å². The number of anilines is 1. The predicted molar refractivity (Wildman–Crippen MR) is 160 cm³/mol. The quantitative estimate of drug-likeness (QED) is 0.172. The summed E-state index contributed by atoms with van der Waals surface area (Å²) in [7, 11) is 3.19. The molecule has 2 aromatic carbocycles. The number of carbonyl (C=O) groups excluding carboxylic acids is 2. The van der Waals surface area contributed by atoms with Crippen LogP contribution in [0.25, 0.3) is 11.1 Å². The zero-order valence-electron chi connectivity index (χ0n) is 23.8. The number of carbonyl (C=O) groups is 2. The minimum atomic E-state index is -0.494. The maximum absolute atomic E-state index is 12.9. The number of hydrogen-bond donors (Lipinski definition) is 1. The molecule has 0 saturated carbocycles. The van der Waals surface area contributed by atoms with Gasteiger partial charge in [-0.1, -0.05) is 75.0 Å². The van der Waals surface area contributed by atoms with E-state index in [4.69, 9.17) is 9.47 Å². The Labute approximate surface area is 243 Å².